The number of hydrogen-bond donors (Lipinski definition) is 1. The third-order valence-corrected chi connectivity index (χ3v) is 3.15. The second-order valence-corrected chi connectivity index (χ2v) is 4.70. The third kappa shape index (κ3) is 4.00. The zero-order chi connectivity index (χ0) is 12.1. The van der Waals surface area contributed by atoms with Crippen LogP contribution < -0.4 is 5.32 Å². The van der Waals surface area contributed by atoms with Crippen molar-refractivity contribution in [3.63, 3.8) is 0 Å². The molecule has 0 aromatic heterocycles. The first kappa shape index (κ1) is 12.4. The van der Waals surface area contributed by atoms with Gasteiger partial charge in [0, 0.05) is 24.8 Å². The molecular weight excluding hydrogens is 215 g/mol. The molecule has 0 spiro atoms. The Hall–Kier alpha value is -1.09. The fourth-order valence-electron chi connectivity index (χ4n) is 2.12. The Bertz CT molecular complexity index is 333. The van der Waals surface area contributed by atoms with E-state index in [1.165, 1.54) is 37.9 Å². The number of anilines is 1. The van der Waals surface area contributed by atoms with E-state index in [-0.39, 0.29) is 5.82 Å². The summed E-state index contributed by atoms with van der Waals surface area (Å²) in [6, 6.07) is 7.39. The second-order valence-electron chi connectivity index (χ2n) is 4.70. The van der Waals surface area contributed by atoms with Crippen molar-refractivity contribution < 1.29 is 4.39 Å². The molecule has 1 aliphatic rings. The standard InChI is InChI=1S/C14H21FN2/c1-2-10-17(14-7-8-14)11-9-16-13-5-3-12(15)4-6-13/h3-6,14,16H,2,7-11H2,1H3. The highest BCUT2D eigenvalue weighted by molar-refractivity contribution is 5.42. The van der Waals surface area contributed by atoms with Gasteiger partial charge in [0.05, 0.1) is 0 Å². The summed E-state index contributed by atoms with van der Waals surface area (Å²) in [5, 5.41) is 3.34. The molecule has 0 atom stereocenters. The maximum atomic E-state index is 12.7. The Labute approximate surface area is 103 Å². The topological polar surface area (TPSA) is 15.3 Å². The summed E-state index contributed by atoms with van der Waals surface area (Å²) in [5.74, 6) is -0.180. The van der Waals surface area contributed by atoms with E-state index in [0.29, 0.717) is 0 Å². The van der Waals surface area contributed by atoms with Crippen molar-refractivity contribution in [3.8, 4) is 0 Å². The van der Waals surface area contributed by atoms with E-state index in [2.05, 4.69) is 17.1 Å². The molecule has 0 amide bonds. The van der Waals surface area contributed by atoms with Crippen molar-refractivity contribution >= 4 is 5.69 Å². The molecule has 1 saturated carbocycles. The van der Waals surface area contributed by atoms with Crippen LogP contribution in [0.3, 0.4) is 0 Å². The van der Waals surface area contributed by atoms with Crippen molar-refractivity contribution in [1.29, 1.82) is 0 Å². The van der Waals surface area contributed by atoms with E-state index < -0.39 is 0 Å². The second kappa shape index (κ2) is 6.01. The van der Waals surface area contributed by atoms with E-state index in [1.54, 1.807) is 12.1 Å². The van der Waals surface area contributed by atoms with Gasteiger partial charge < -0.3 is 5.32 Å². The SMILES string of the molecule is CCCN(CCNc1ccc(F)cc1)C1CC1. The first-order valence-corrected chi connectivity index (χ1v) is 6.53. The fraction of sp³-hybridized carbons (Fsp3) is 0.571. The van der Waals surface area contributed by atoms with Crippen LogP contribution in [0.1, 0.15) is 26.2 Å². The zero-order valence-corrected chi connectivity index (χ0v) is 10.5. The van der Waals surface area contributed by atoms with Gasteiger partial charge in [-0.2, -0.15) is 0 Å². The van der Waals surface area contributed by atoms with Crippen LogP contribution in [0.15, 0.2) is 24.3 Å². The number of rotatable bonds is 7. The molecule has 0 radical (unpaired) electrons. The molecule has 0 bridgehead atoms. The maximum absolute atomic E-state index is 12.7. The predicted octanol–water partition coefficient (Wildman–Crippen LogP) is 3.11. The average Bonchev–Trinajstić information content (AvgIpc) is 3.15. The molecule has 0 unspecified atom stereocenters. The van der Waals surface area contributed by atoms with E-state index in [4.69, 9.17) is 0 Å². The molecule has 2 rings (SSSR count). The molecule has 0 heterocycles. The van der Waals surface area contributed by atoms with Crippen LogP contribution in [0.2, 0.25) is 0 Å². The summed E-state index contributed by atoms with van der Waals surface area (Å²) in [7, 11) is 0. The van der Waals surface area contributed by atoms with E-state index in [1.807, 2.05) is 0 Å². The highest BCUT2D eigenvalue weighted by atomic mass is 19.1. The number of nitrogens with zero attached hydrogens (tertiary/aromatic N) is 1. The summed E-state index contributed by atoms with van der Waals surface area (Å²) in [6.45, 7) is 5.43. The van der Waals surface area contributed by atoms with Crippen LogP contribution in [0.5, 0.6) is 0 Å². The van der Waals surface area contributed by atoms with Gasteiger partial charge in [-0.15, -0.1) is 0 Å². The number of benzene rings is 1. The Balaban J connectivity index is 1.72. The van der Waals surface area contributed by atoms with Crippen LogP contribution in [-0.2, 0) is 0 Å². The van der Waals surface area contributed by atoms with Gasteiger partial charge in [-0.1, -0.05) is 6.92 Å². The van der Waals surface area contributed by atoms with Gasteiger partial charge in [-0.25, -0.2) is 4.39 Å². The smallest absolute Gasteiger partial charge is 0.123 e. The van der Waals surface area contributed by atoms with Gasteiger partial charge in [0.1, 0.15) is 5.82 Å². The monoisotopic (exact) mass is 236 g/mol. The van der Waals surface area contributed by atoms with Gasteiger partial charge in [-0.3, -0.25) is 4.90 Å². The predicted molar refractivity (Wildman–Crippen MR) is 69.8 cm³/mol. The molecule has 3 heteroatoms. The van der Waals surface area contributed by atoms with Crippen LogP contribution in [0.25, 0.3) is 0 Å². The molecule has 1 aromatic rings. The van der Waals surface area contributed by atoms with E-state index in [0.717, 1.165) is 24.8 Å². The van der Waals surface area contributed by atoms with Gasteiger partial charge >= 0.3 is 0 Å². The average molecular weight is 236 g/mol. The lowest BCUT2D eigenvalue weighted by molar-refractivity contribution is 0.274. The molecule has 2 nitrogen and oxygen atoms in total. The van der Waals surface area contributed by atoms with Crippen LogP contribution in [0.4, 0.5) is 10.1 Å². The maximum Gasteiger partial charge on any atom is 0.123 e. The molecular formula is C14H21FN2. The van der Waals surface area contributed by atoms with Gasteiger partial charge in [0.15, 0.2) is 0 Å². The van der Waals surface area contributed by atoms with Crippen LogP contribution >= 0.6 is 0 Å². The Morgan fingerprint density at radius 1 is 1.24 bits per heavy atom. The lowest BCUT2D eigenvalue weighted by Crippen LogP contribution is -2.31. The third-order valence-electron chi connectivity index (χ3n) is 3.15. The highest BCUT2D eigenvalue weighted by Crippen LogP contribution is 2.26. The highest BCUT2D eigenvalue weighted by Gasteiger charge is 2.27. The number of nitrogens with one attached hydrogen (secondary N) is 1. The molecule has 17 heavy (non-hydrogen) atoms. The lowest BCUT2D eigenvalue weighted by atomic mass is 10.3. The largest absolute Gasteiger partial charge is 0.384 e. The summed E-state index contributed by atoms with van der Waals surface area (Å²) in [6.07, 6.45) is 3.93. The van der Waals surface area contributed by atoms with Crippen molar-refractivity contribution in [2.75, 3.05) is 25.0 Å². The molecule has 1 aliphatic carbocycles. The number of hydrogen-bond acceptors (Lipinski definition) is 2. The van der Waals surface area contributed by atoms with Gasteiger partial charge in [0.25, 0.3) is 0 Å². The quantitative estimate of drug-likeness (QED) is 0.782. The van der Waals surface area contributed by atoms with Crippen molar-refractivity contribution in [2.45, 2.75) is 32.2 Å². The van der Waals surface area contributed by atoms with Gasteiger partial charge in [-0.05, 0) is 50.1 Å². The summed E-state index contributed by atoms with van der Waals surface area (Å²) in [4.78, 5) is 2.55. The zero-order valence-electron chi connectivity index (χ0n) is 10.5. The molecule has 1 N–H and O–H groups in total. The Morgan fingerprint density at radius 3 is 2.53 bits per heavy atom. The minimum Gasteiger partial charge on any atom is -0.384 e. The normalized spacial score (nSPS) is 15.2. The fourth-order valence-corrected chi connectivity index (χ4v) is 2.12. The Morgan fingerprint density at radius 2 is 1.94 bits per heavy atom. The summed E-state index contributed by atoms with van der Waals surface area (Å²) < 4.78 is 12.7. The summed E-state index contributed by atoms with van der Waals surface area (Å²) >= 11 is 0. The molecule has 1 aromatic carbocycles. The van der Waals surface area contributed by atoms with Crippen molar-refractivity contribution in [3.05, 3.63) is 30.1 Å². The van der Waals surface area contributed by atoms with Gasteiger partial charge in [0.2, 0.25) is 0 Å². The molecule has 94 valence electrons. The molecule has 0 saturated heterocycles. The molecule has 1 fully saturated rings. The number of halogens is 1. The molecule has 0 aliphatic heterocycles. The minimum absolute atomic E-state index is 0.180. The summed E-state index contributed by atoms with van der Waals surface area (Å²) in [5.41, 5.74) is 0.999. The van der Waals surface area contributed by atoms with Crippen molar-refractivity contribution in [1.82, 2.24) is 4.90 Å². The first-order chi connectivity index (χ1) is 8.29. The van der Waals surface area contributed by atoms with E-state index in [9.17, 15) is 4.39 Å². The lowest BCUT2D eigenvalue weighted by Gasteiger charge is -2.21. The van der Waals surface area contributed by atoms with Crippen molar-refractivity contribution in [2.24, 2.45) is 0 Å². The van der Waals surface area contributed by atoms with Crippen LogP contribution in [0, 0.1) is 5.82 Å². The van der Waals surface area contributed by atoms with E-state index >= 15 is 0 Å². The first-order valence-electron chi connectivity index (χ1n) is 6.53. The van der Waals surface area contributed by atoms with Crippen LogP contribution in [-0.4, -0.2) is 30.6 Å². The Kier molecular flexibility index (Phi) is 4.37. The minimum atomic E-state index is -0.180.